The van der Waals surface area contributed by atoms with Gasteiger partial charge in [-0.2, -0.15) is 0 Å². The predicted octanol–water partition coefficient (Wildman–Crippen LogP) is 0.473. The Labute approximate surface area is 91.8 Å². The van der Waals surface area contributed by atoms with Gasteiger partial charge in [-0.15, -0.1) is 0 Å². The Bertz CT molecular complexity index is 75.3. The van der Waals surface area contributed by atoms with E-state index in [1.165, 1.54) is 0 Å². The summed E-state index contributed by atoms with van der Waals surface area (Å²) in [5.41, 5.74) is 0. The molecule has 8 nitrogen and oxygen atoms in total. The summed E-state index contributed by atoms with van der Waals surface area (Å²) in [7, 11) is -3.33. The Morgan fingerprint density at radius 2 is 0.615 bits per heavy atom. The van der Waals surface area contributed by atoms with Crippen LogP contribution in [0.3, 0.4) is 0 Å². The standard InChI is InChI=1S/Al.4HO2P/c;4*1-3-2/h;4*(H,1,2)/q+3;;;;/p+1. The molecule has 0 atom stereocenters. The zero-order chi connectivity index (χ0) is 10.8. The monoisotopic (exact) mass is 284 g/mol. The van der Waals surface area contributed by atoms with E-state index in [-0.39, 0.29) is 18.8 Å². The number of hydrogen-bond acceptors (Lipinski definition) is 4. The molecule has 0 unspecified atom stereocenters. The topological polar surface area (TPSA) is 149 Å². The van der Waals surface area contributed by atoms with Gasteiger partial charge >= 0.3 is 53.5 Å². The van der Waals surface area contributed by atoms with Gasteiger partial charge in [0.15, 0.2) is 0 Å². The SMILES string of the molecule is O=PO.O=PO.O=PO.O=PO.[Al+3].[H+]. The molecule has 0 aliphatic carbocycles. The molecule has 0 aliphatic heterocycles. The molecule has 0 radical (unpaired) electrons. The van der Waals surface area contributed by atoms with Gasteiger partial charge in [0.2, 0.25) is 0 Å². The van der Waals surface area contributed by atoms with Crippen LogP contribution in [0.4, 0.5) is 0 Å². The van der Waals surface area contributed by atoms with Crippen LogP contribution < -0.4 is 0 Å². The molecule has 0 amide bonds. The Balaban J connectivity index is -0.0000000145. The van der Waals surface area contributed by atoms with Crippen molar-refractivity contribution < 1.29 is 39.3 Å². The molecular formula is H5AlO8P4+4. The Morgan fingerprint density at radius 3 is 0.615 bits per heavy atom. The molecule has 13 heteroatoms. The van der Waals surface area contributed by atoms with E-state index < -0.39 is 34.7 Å². The zero-order valence-corrected chi connectivity index (χ0v) is 10.5. The van der Waals surface area contributed by atoms with Crippen LogP contribution in [0.25, 0.3) is 0 Å². The third-order valence-electron chi connectivity index (χ3n) is 0. The van der Waals surface area contributed by atoms with Crippen molar-refractivity contribution in [2.75, 3.05) is 0 Å². The molecule has 0 heterocycles. The minimum atomic E-state index is -0.833. The van der Waals surface area contributed by atoms with Gasteiger partial charge in [0.05, 0.1) is 0 Å². The van der Waals surface area contributed by atoms with E-state index in [1.807, 2.05) is 0 Å². The van der Waals surface area contributed by atoms with Crippen molar-refractivity contribution in [2.45, 2.75) is 0 Å². The van der Waals surface area contributed by atoms with E-state index in [0.29, 0.717) is 0 Å². The van der Waals surface area contributed by atoms with E-state index in [1.54, 1.807) is 0 Å². The number of hydrogen-bond donors (Lipinski definition) is 4. The molecule has 0 aromatic carbocycles. The van der Waals surface area contributed by atoms with E-state index in [2.05, 4.69) is 0 Å². The van der Waals surface area contributed by atoms with Crippen molar-refractivity contribution in [1.29, 1.82) is 0 Å². The third kappa shape index (κ3) is 2480. The average Bonchev–Trinajstić information content (AvgIpc) is 1.92. The summed E-state index contributed by atoms with van der Waals surface area (Å²) in [4.78, 5) is 27.9. The predicted molar refractivity (Wildman–Crippen MR) is 46.2 cm³/mol. The normalized spacial score (nSPS) is 6.46. The molecule has 4 N–H and O–H groups in total. The van der Waals surface area contributed by atoms with Gasteiger partial charge < -0.3 is 19.6 Å². The molecule has 0 spiro atoms. The molecule has 0 saturated heterocycles. The van der Waals surface area contributed by atoms with Crippen molar-refractivity contribution in [3.05, 3.63) is 0 Å². The fraction of sp³-hybridized carbons (Fsp3) is 0. The summed E-state index contributed by atoms with van der Waals surface area (Å²) in [5, 5.41) is 0. The first kappa shape index (κ1) is 29.2. The fourth-order valence-corrected chi connectivity index (χ4v) is 0. The first-order valence-corrected chi connectivity index (χ1v) is 4.59. The minimum absolute atomic E-state index is 0. The van der Waals surface area contributed by atoms with Crippen LogP contribution in [0.2, 0.25) is 0 Å². The Morgan fingerprint density at radius 1 is 0.615 bits per heavy atom. The summed E-state index contributed by atoms with van der Waals surface area (Å²) in [5.74, 6) is 0. The van der Waals surface area contributed by atoms with Gasteiger partial charge in [0.1, 0.15) is 0 Å². The van der Waals surface area contributed by atoms with Crippen LogP contribution >= 0.6 is 34.7 Å². The smallest absolute Gasteiger partial charge is 0.310 e. The van der Waals surface area contributed by atoms with Gasteiger partial charge in [0, 0.05) is 0 Å². The van der Waals surface area contributed by atoms with Crippen LogP contribution in [-0.4, -0.2) is 36.9 Å². The maximum atomic E-state index is 8.46. The van der Waals surface area contributed by atoms with Crippen molar-refractivity contribution >= 4 is 52.1 Å². The summed E-state index contributed by atoms with van der Waals surface area (Å²) in [6.45, 7) is 0. The van der Waals surface area contributed by atoms with Gasteiger partial charge in [-0.05, 0) is 0 Å². The summed E-state index contributed by atoms with van der Waals surface area (Å²) >= 11 is 0. The molecule has 13 heavy (non-hydrogen) atoms. The van der Waals surface area contributed by atoms with Crippen LogP contribution in [0.5, 0.6) is 0 Å². The van der Waals surface area contributed by atoms with Crippen LogP contribution in [-0.2, 0) is 18.3 Å². The maximum absolute atomic E-state index is 8.46. The summed E-state index contributed by atoms with van der Waals surface area (Å²) in [6.07, 6.45) is 0. The average molecular weight is 284 g/mol. The van der Waals surface area contributed by atoms with Crippen molar-refractivity contribution in [2.24, 2.45) is 0 Å². The minimum Gasteiger partial charge on any atom is -0.310 e. The van der Waals surface area contributed by atoms with Gasteiger partial charge in [-0.3, -0.25) is 0 Å². The molecule has 0 bridgehead atoms. The van der Waals surface area contributed by atoms with Crippen LogP contribution in [0, 0.1) is 0 Å². The molecular weight excluding hydrogens is 279 g/mol. The zero-order valence-electron chi connectivity index (χ0n) is 6.79. The molecule has 0 aliphatic rings. The molecule has 0 aromatic heterocycles. The molecule has 0 rings (SSSR count). The summed E-state index contributed by atoms with van der Waals surface area (Å²) < 4.78 is 33.8. The Hall–Kier alpha value is 0.772. The molecule has 0 fully saturated rings. The van der Waals surface area contributed by atoms with Gasteiger partial charge in [-0.1, -0.05) is 0 Å². The van der Waals surface area contributed by atoms with Crippen molar-refractivity contribution in [3.8, 4) is 0 Å². The molecule has 0 aromatic rings. The first-order valence-electron chi connectivity index (χ1n) is 1.53. The first-order chi connectivity index (χ1) is 5.66. The van der Waals surface area contributed by atoms with Crippen LogP contribution in [0.1, 0.15) is 1.43 Å². The maximum Gasteiger partial charge on any atom is 3.00 e. The van der Waals surface area contributed by atoms with Crippen LogP contribution in [0.15, 0.2) is 0 Å². The fourth-order valence-electron chi connectivity index (χ4n) is 0. The largest absolute Gasteiger partial charge is 3.00 e. The second kappa shape index (κ2) is 77.7. The second-order valence-electron chi connectivity index (χ2n) is 0.327. The van der Waals surface area contributed by atoms with Gasteiger partial charge in [0.25, 0.3) is 0 Å². The summed E-state index contributed by atoms with van der Waals surface area (Å²) in [6, 6.07) is 0. The van der Waals surface area contributed by atoms with Gasteiger partial charge in [-0.25, -0.2) is 18.3 Å². The quantitative estimate of drug-likeness (QED) is 0.370. The van der Waals surface area contributed by atoms with E-state index in [0.717, 1.165) is 0 Å². The third-order valence-corrected chi connectivity index (χ3v) is 0. The number of rotatable bonds is 0. The second-order valence-corrected chi connectivity index (χ2v) is 0.980. The molecule has 72 valence electrons. The van der Waals surface area contributed by atoms with E-state index >= 15 is 0 Å². The Kier molecular flexibility index (Phi) is 175. The molecule has 0 saturated carbocycles. The van der Waals surface area contributed by atoms with E-state index in [4.69, 9.17) is 37.8 Å². The van der Waals surface area contributed by atoms with Crippen molar-refractivity contribution in [3.63, 3.8) is 0 Å². The van der Waals surface area contributed by atoms with E-state index in [9.17, 15) is 0 Å². The van der Waals surface area contributed by atoms with Crippen molar-refractivity contribution in [1.82, 2.24) is 0 Å².